The molecule has 6 heteroatoms. The molecular formula is C14H12F3NO2. The molecule has 2 aromatic rings. The van der Waals surface area contributed by atoms with E-state index in [1.54, 1.807) is 30.3 Å². The molecule has 0 amide bonds. The number of hydrogen-bond acceptors (Lipinski definition) is 3. The molecule has 0 bridgehead atoms. The summed E-state index contributed by atoms with van der Waals surface area (Å²) in [5.74, 6) is -0.0108. The average molecular weight is 283 g/mol. The lowest BCUT2D eigenvalue weighted by molar-refractivity contribution is -0.275. The number of nitrogens with two attached hydrogens (primary N) is 1. The first-order valence-electron chi connectivity index (χ1n) is 5.79. The normalized spacial score (nSPS) is 11.2. The lowest BCUT2D eigenvalue weighted by Gasteiger charge is -2.14. The first-order valence-corrected chi connectivity index (χ1v) is 5.79. The Morgan fingerprint density at radius 2 is 1.65 bits per heavy atom. The summed E-state index contributed by atoms with van der Waals surface area (Å²) in [5.41, 5.74) is 6.31. The summed E-state index contributed by atoms with van der Waals surface area (Å²) in [6.07, 6.45) is -4.77. The molecule has 106 valence electrons. The Labute approximate surface area is 113 Å². The van der Waals surface area contributed by atoms with E-state index in [2.05, 4.69) is 4.74 Å². The highest BCUT2D eigenvalue weighted by atomic mass is 19.4. The van der Waals surface area contributed by atoms with E-state index in [0.717, 1.165) is 5.56 Å². The van der Waals surface area contributed by atoms with Crippen LogP contribution in [0, 0.1) is 0 Å². The summed E-state index contributed by atoms with van der Waals surface area (Å²) in [4.78, 5) is 0. The summed E-state index contributed by atoms with van der Waals surface area (Å²) in [7, 11) is 0. The van der Waals surface area contributed by atoms with Gasteiger partial charge in [-0.1, -0.05) is 24.3 Å². The predicted octanol–water partition coefficient (Wildman–Crippen LogP) is 3.84. The molecular weight excluding hydrogens is 271 g/mol. The fourth-order valence-corrected chi connectivity index (χ4v) is 1.61. The molecule has 0 saturated heterocycles. The molecule has 0 spiro atoms. The van der Waals surface area contributed by atoms with Crippen molar-refractivity contribution in [1.82, 2.24) is 0 Å². The first kappa shape index (κ1) is 14.2. The molecule has 0 radical (unpaired) electrons. The fraction of sp³-hybridized carbons (Fsp3) is 0.143. The maximum atomic E-state index is 12.3. The SMILES string of the molecule is NCc1cccc(Oc2ccccc2OC(F)(F)F)c1. The Kier molecular flexibility index (Phi) is 4.14. The lowest BCUT2D eigenvalue weighted by Crippen LogP contribution is -2.17. The average Bonchev–Trinajstić information content (AvgIpc) is 2.40. The molecule has 2 aromatic carbocycles. The van der Waals surface area contributed by atoms with Gasteiger partial charge in [-0.15, -0.1) is 13.2 Å². The first-order chi connectivity index (χ1) is 9.48. The Morgan fingerprint density at radius 3 is 2.30 bits per heavy atom. The van der Waals surface area contributed by atoms with E-state index in [1.165, 1.54) is 18.2 Å². The highest BCUT2D eigenvalue weighted by Gasteiger charge is 2.32. The molecule has 2 N–H and O–H groups in total. The van der Waals surface area contributed by atoms with E-state index >= 15 is 0 Å². The molecule has 0 heterocycles. The highest BCUT2D eigenvalue weighted by molar-refractivity contribution is 5.43. The van der Waals surface area contributed by atoms with Crippen LogP contribution in [0.25, 0.3) is 0 Å². The van der Waals surface area contributed by atoms with Crippen molar-refractivity contribution in [3.63, 3.8) is 0 Å². The topological polar surface area (TPSA) is 44.5 Å². The molecule has 0 atom stereocenters. The fourth-order valence-electron chi connectivity index (χ4n) is 1.61. The number of halogens is 3. The lowest BCUT2D eigenvalue weighted by atomic mass is 10.2. The van der Waals surface area contributed by atoms with E-state index in [9.17, 15) is 13.2 Å². The van der Waals surface area contributed by atoms with Gasteiger partial charge in [-0.3, -0.25) is 0 Å². The van der Waals surface area contributed by atoms with Crippen molar-refractivity contribution in [3.05, 3.63) is 54.1 Å². The Hall–Kier alpha value is -2.21. The number of benzene rings is 2. The van der Waals surface area contributed by atoms with Crippen LogP contribution in [0.5, 0.6) is 17.2 Å². The van der Waals surface area contributed by atoms with Crippen LogP contribution in [0.2, 0.25) is 0 Å². The van der Waals surface area contributed by atoms with Gasteiger partial charge < -0.3 is 15.2 Å². The smallest absolute Gasteiger partial charge is 0.453 e. The summed E-state index contributed by atoms with van der Waals surface area (Å²) in [5, 5.41) is 0. The zero-order valence-electron chi connectivity index (χ0n) is 10.4. The Bertz CT molecular complexity index is 585. The van der Waals surface area contributed by atoms with Crippen LogP contribution < -0.4 is 15.2 Å². The maximum Gasteiger partial charge on any atom is 0.573 e. The third-order valence-corrected chi connectivity index (χ3v) is 2.44. The largest absolute Gasteiger partial charge is 0.573 e. The summed E-state index contributed by atoms with van der Waals surface area (Å²) in [6, 6.07) is 12.4. The quantitative estimate of drug-likeness (QED) is 0.927. The van der Waals surface area contributed by atoms with Gasteiger partial charge in [-0.2, -0.15) is 0 Å². The third kappa shape index (κ3) is 3.89. The van der Waals surface area contributed by atoms with Gasteiger partial charge in [0.25, 0.3) is 0 Å². The van der Waals surface area contributed by atoms with Gasteiger partial charge in [0.1, 0.15) is 5.75 Å². The maximum absolute atomic E-state index is 12.3. The van der Waals surface area contributed by atoms with E-state index < -0.39 is 12.1 Å². The van der Waals surface area contributed by atoms with Crippen LogP contribution in [-0.4, -0.2) is 6.36 Å². The molecule has 3 nitrogen and oxygen atoms in total. The molecule has 0 aliphatic heterocycles. The van der Waals surface area contributed by atoms with Crippen molar-refractivity contribution in [2.24, 2.45) is 5.73 Å². The molecule has 0 aliphatic rings. The van der Waals surface area contributed by atoms with Crippen molar-refractivity contribution >= 4 is 0 Å². The van der Waals surface area contributed by atoms with Crippen LogP contribution in [0.1, 0.15) is 5.56 Å². The standard InChI is InChI=1S/C14H12F3NO2/c15-14(16,17)20-13-7-2-1-6-12(13)19-11-5-3-4-10(8-11)9-18/h1-8H,9,18H2. The molecule has 0 saturated carbocycles. The van der Waals surface area contributed by atoms with E-state index in [1.807, 2.05) is 0 Å². The molecule has 0 aliphatic carbocycles. The summed E-state index contributed by atoms with van der Waals surface area (Å²) >= 11 is 0. The van der Waals surface area contributed by atoms with Crippen molar-refractivity contribution in [3.8, 4) is 17.2 Å². The van der Waals surface area contributed by atoms with Crippen LogP contribution in [0.15, 0.2) is 48.5 Å². The van der Waals surface area contributed by atoms with Crippen molar-refractivity contribution < 1.29 is 22.6 Å². The van der Waals surface area contributed by atoms with Gasteiger partial charge in [0.2, 0.25) is 0 Å². The number of alkyl halides is 3. The zero-order valence-corrected chi connectivity index (χ0v) is 10.4. The van der Waals surface area contributed by atoms with Gasteiger partial charge in [-0.25, -0.2) is 0 Å². The van der Waals surface area contributed by atoms with Gasteiger partial charge in [0.05, 0.1) is 0 Å². The van der Waals surface area contributed by atoms with Crippen LogP contribution in [0.3, 0.4) is 0 Å². The van der Waals surface area contributed by atoms with Crippen LogP contribution >= 0.6 is 0 Å². The molecule has 0 aromatic heterocycles. The minimum Gasteiger partial charge on any atom is -0.453 e. The summed E-state index contributed by atoms with van der Waals surface area (Å²) in [6.45, 7) is 0.317. The Morgan fingerprint density at radius 1 is 0.950 bits per heavy atom. The third-order valence-electron chi connectivity index (χ3n) is 2.44. The van der Waals surface area contributed by atoms with Crippen molar-refractivity contribution in [2.75, 3.05) is 0 Å². The number of rotatable bonds is 4. The van der Waals surface area contributed by atoms with Gasteiger partial charge in [0, 0.05) is 6.54 Å². The number of hydrogen-bond donors (Lipinski definition) is 1. The second-order valence-electron chi connectivity index (χ2n) is 3.95. The number of ether oxygens (including phenoxy) is 2. The van der Waals surface area contributed by atoms with E-state index in [0.29, 0.717) is 12.3 Å². The Balaban J connectivity index is 2.24. The van der Waals surface area contributed by atoms with Crippen molar-refractivity contribution in [2.45, 2.75) is 12.9 Å². The van der Waals surface area contributed by atoms with Gasteiger partial charge in [-0.05, 0) is 29.8 Å². The second kappa shape index (κ2) is 5.83. The van der Waals surface area contributed by atoms with Gasteiger partial charge in [0.15, 0.2) is 11.5 Å². The van der Waals surface area contributed by atoms with Crippen LogP contribution in [-0.2, 0) is 6.54 Å². The highest BCUT2D eigenvalue weighted by Crippen LogP contribution is 2.34. The minimum atomic E-state index is -4.77. The second-order valence-corrected chi connectivity index (χ2v) is 3.95. The molecule has 20 heavy (non-hydrogen) atoms. The van der Waals surface area contributed by atoms with Crippen LogP contribution in [0.4, 0.5) is 13.2 Å². The number of para-hydroxylation sites is 2. The molecule has 0 unspecified atom stereocenters. The molecule has 0 fully saturated rings. The molecule has 2 rings (SSSR count). The zero-order chi connectivity index (χ0) is 14.6. The van der Waals surface area contributed by atoms with E-state index in [4.69, 9.17) is 10.5 Å². The van der Waals surface area contributed by atoms with Gasteiger partial charge >= 0.3 is 6.36 Å². The van der Waals surface area contributed by atoms with E-state index in [-0.39, 0.29) is 5.75 Å². The van der Waals surface area contributed by atoms with Crippen molar-refractivity contribution in [1.29, 1.82) is 0 Å². The monoisotopic (exact) mass is 283 g/mol. The minimum absolute atomic E-state index is 0.0148. The summed E-state index contributed by atoms with van der Waals surface area (Å²) < 4.78 is 46.2. The predicted molar refractivity (Wildman–Crippen MR) is 67.5 cm³/mol.